The Morgan fingerprint density at radius 3 is 2.67 bits per heavy atom. The zero-order valence-electron chi connectivity index (χ0n) is 15.5. The average molecular weight is 364 g/mol. The van der Waals surface area contributed by atoms with Crippen LogP contribution in [0, 0.1) is 18.8 Å². The van der Waals surface area contributed by atoms with Crippen LogP contribution in [-0.2, 0) is 14.9 Å². The molecule has 0 bridgehead atoms. The molecule has 0 aliphatic carbocycles. The number of hydrogen-bond acceptors (Lipinski definition) is 4. The van der Waals surface area contributed by atoms with Crippen molar-refractivity contribution in [2.45, 2.75) is 25.2 Å². The minimum atomic E-state index is -0.536. The highest BCUT2D eigenvalue weighted by molar-refractivity contribution is 5.88. The van der Waals surface area contributed by atoms with Crippen molar-refractivity contribution >= 4 is 5.91 Å². The molecule has 3 rings (SSSR count). The number of ether oxygens (including phenoxy) is 2. The maximum atomic E-state index is 12.9. The summed E-state index contributed by atoms with van der Waals surface area (Å²) in [5, 5.41) is 2.96. The van der Waals surface area contributed by atoms with Crippen molar-refractivity contribution < 1.29 is 14.3 Å². The number of pyridine rings is 1. The zero-order valence-corrected chi connectivity index (χ0v) is 15.5. The summed E-state index contributed by atoms with van der Waals surface area (Å²) >= 11 is 0. The van der Waals surface area contributed by atoms with Gasteiger partial charge in [-0.2, -0.15) is 0 Å². The fraction of sp³-hybridized carbons (Fsp3) is 0.364. The van der Waals surface area contributed by atoms with Gasteiger partial charge in [0.2, 0.25) is 5.91 Å². The van der Waals surface area contributed by atoms with Crippen LogP contribution in [0.25, 0.3) is 0 Å². The van der Waals surface area contributed by atoms with E-state index >= 15 is 0 Å². The number of nitrogens with zero attached hydrogens (tertiary/aromatic N) is 1. The van der Waals surface area contributed by atoms with E-state index in [1.54, 1.807) is 6.20 Å². The van der Waals surface area contributed by atoms with Gasteiger partial charge < -0.3 is 14.8 Å². The Hall–Kier alpha value is -2.84. The number of benzene rings is 1. The number of nitrogens with one attached hydrogen (secondary N) is 1. The maximum Gasteiger partial charge on any atom is 0.231 e. The van der Waals surface area contributed by atoms with Gasteiger partial charge in [0.25, 0.3) is 0 Å². The molecule has 0 spiro atoms. The van der Waals surface area contributed by atoms with E-state index in [1.165, 1.54) is 0 Å². The van der Waals surface area contributed by atoms with E-state index in [0.717, 1.165) is 11.3 Å². The summed E-state index contributed by atoms with van der Waals surface area (Å²) in [7, 11) is 0. The second-order valence-electron chi connectivity index (χ2n) is 6.52. The number of carbonyl (C=O) groups excluding carboxylic acids is 1. The van der Waals surface area contributed by atoms with Crippen molar-refractivity contribution in [3.63, 3.8) is 0 Å². The number of amides is 1. The first-order valence-electron chi connectivity index (χ1n) is 9.13. The summed E-state index contributed by atoms with van der Waals surface area (Å²) in [4.78, 5) is 17.1. The highest BCUT2D eigenvalue weighted by Gasteiger charge is 2.41. The fourth-order valence-electron chi connectivity index (χ4n) is 3.19. The Morgan fingerprint density at radius 2 is 1.96 bits per heavy atom. The molecule has 0 saturated carbocycles. The van der Waals surface area contributed by atoms with E-state index < -0.39 is 5.41 Å². The summed E-state index contributed by atoms with van der Waals surface area (Å²) in [6.07, 6.45) is 3.03. The second-order valence-corrected chi connectivity index (χ2v) is 6.52. The minimum Gasteiger partial charge on any atom is -0.479 e. The lowest BCUT2D eigenvalue weighted by Crippen LogP contribution is -2.48. The standard InChI is InChI=1S/C22H24N2O3/c1-18-9-10-20(17-24-18)27-14-6-5-13-23-21(25)22(11-15-26-16-12-22)19-7-3-2-4-8-19/h2-4,7-10,17H,11-16H2,1H3,(H,23,25). The average Bonchev–Trinajstić information content (AvgIpc) is 2.73. The molecule has 2 heterocycles. The third-order valence-corrected chi connectivity index (χ3v) is 4.76. The Morgan fingerprint density at radius 1 is 1.19 bits per heavy atom. The van der Waals surface area contributed by atoms with Crippen molar-refractivity contribution in [2.24, 2.45) is 0 Å². The van der Waals surface area contributed by atoms with E-state index in [-0.39, 0.29) is 12.5 Å². The van der Waals surface area contributed by atoms with Crippen LogP contribution >= 0.6 is 0 Å². The molecule has 2 aromatic rings. The minimum absolute atomic E-state index is 0.00922. The van der Waals surface area contributed by atoms with Gasteiger partial charge in [-0.25, -0.2) is 0 Å². The van der Waals surface area contributed by atoms with Gasteiger partial charge in [0, 0.05) is 18.9 Å². The molecule has 0 atom stereocenters. The normalized spacial score (nSPS) is 15.3. The summed E-state index contributed by atoms with van der Waals surface area (Å²) in [5.41, 5.74) is 1.44. The molecule has 1 aliphatic rings. The largest absolute Gasteiger partial charge is 0.479 e. The Bertz CT molecular complexity index is 801. The van der Waals surface area contributed by atoms with Gasteiger partial charge in [0.15, 0.2) is 0 Å². The van der Waals surface area contributed by atoms with Gasteiger partial charge in [0.1, 0.15) is 12.4 Å². The molecule has 1 amide bonds. The van der Waals surface area contributed by atoms with E-state index in [1.807, 2.05) is 49.4 Å². The Kier molecular flexibility index (Phi) is 6.45. The summed E-state index contributed by atoms with van der Waals surface area (Å²) in [6.45, 7) is 3.66. The molecule has 1 aromatic heterocycles. The highest BCUT2D eigenvalue weighted by Crippen LogP contribution is 2.35. The molecule has 1 aromatic carbocycles. The summed E-state index contributed by atoms with van der Waals surface area (Å²) in [5.74, 6) is 6.56. The summed E-state index contributed by atoms with van der Waals surface area (Å²) < 4.78 is 11.0. The Balaban J connectivity index is 1.53. The highest BCUT2D eigenvalue weighted by atomic mass is 16.5. The SMILES string of the molecule is Cc1ccc(OCC#CCNC(=O)C2(c3ccccc3)CCOCC2)cn1. The van der Waals surface area contributed by atoms with Gasteiger partial charge in [-0.3, -0.25) is 9.78 Å². The van der Waals surface area contributed by atoms with Crippen LogP contribution in [0.2, 0.25) is 0 Å². The van der Waals surface area contributed by atoms with Crippen LogP contribution in [0.5, 0.6) is 5.75 Å². The summed E-state index contributed by atoms with van der Waals surface area (Å²) in [6, 6.07) is 13.7. The number of hydrogen-bond donors (Lipinski definition) is 1. The van der Waals surface area contributed by atoms with Crippen LogP contribution in [-0.4, -0.2) is 37.3 Å². The lowest BCUT2D eigenvalue weighted by molar-refractivity contribution is -0.130. The molecule has 0 radical (unpaired) electrons. The molecule has 5 heteroatoms. The van der Waals surface area contributed by atoms with Crippen molar-refractivity contribution in [3.8, 4) is 17.6 Å². The smallest absolute Gasteiger partial charge is 0.231 e. The zero-order chi connectivity index (χ0) is 19.0. The van der Waals surface area contributed by atoms with E-state index in [4.69, 9.17) is 9.47 Å². The van der Waals surface area contributed by atoms with E-state index in [9.17, 15) is 4.79 Å². The van der Waals surface area contributed by atoms with Gasteiger partial charge >= 0.3 is 0 Å². The first-order chi connectivity index (χ1) is 13.2. The van der Waals surface area contributed by atoms with Crippen molar-refractivity contribution in [1.29, 1.82) is 0 Å². The second kappa shape index (κ2) is 9.20. The predicted octanol–water partition coefficient (Wildman–Crippen LogP) is 2.64. The quantitative estimate of drug-likeness (QED) is 0.829. The van der Waals surface area contributed by atoms with Crippen molar-refractivity contribution in [1.82, 2.24) is 10.3 Å². The molecule has 5 nitrogen and oxygen atoms in total. The Labute approximate surface area is 160 Å². The molecule has 1 N–H and O–H groups in total. The molecule has 1 saturated heterocycles. The predicted molar refractivity (Wildman–Crippen MR) is 103 cm³/mol. The number of aromatic nitrogens is 1. The maximum absolute atomic E-state index is 12.9. The number of aryl methyl sites for hydroxylation is 1. The molecule has 27 heavy (non-hydrogen) atoms. The third-order valence-electron chi connectivity index (χ3n) is 4.76. The number of carbonyl (C=O) groups is 1. The van der Waals surface area contributed by atoms with Gasteiger partial charge in [-0.05, 0) is 37.5 Å². The third kappa shape index (κ3) is 4.87. The lowest BCUT2D eigenvalue weighted by atomic mass is 9.73. The van der Waals surface area contributed by atoms with Crippen molar-refractivity contribution in [3.05, 3.63) is 59.9 Å². The molecular formula is C22H24N2O3. The fourth-order valence-corrected chi connectivity index (χ4v) is 3.19. The molecule has 1 fully saturated rings. The first kappa shape index (κ1) is 18.9. The molecular weight excluding hydrogens is 340 g/mol. The first-order valence-corrected chi connectivity index (χ1v) is 9.13. The van der Waals surface area contributed by atoms with E-state index in [2.05, 4.69) is 22.1 Å². The van der Waals surface area contributed by atoms with Crippen LogP contribution < -0.4 is 10.1 Å². The molecule has 0 unspecified atom stereocenters. The van der Waals surface area contributed by atoms with Crippen LogP contribution in [0.4, 0.5) is 0 Å². The topological polar surface area (TPSA) is 60.5 Å². The lowest BCUT2D eigenvalue weighted by Gasteiger charge is -2.36. The van der Waals surface area contributed by atoms with Gasteiger partial charge in [-0.15, -0.1) is 0 Å². The van der Waals surface area contributed by atoms with Crippen LogP contribution in [0.1, 0.15) is 24.1 Å². The van der Waals surface area contributed by atoms with Crippen LogP contribution in [0.3, 0.4) is 0 Å². The van der Waals surface area contributed by atoms with E-state index in [0.29, 0.717) is 38.3 Å². The molecule has 140 valence electrons. The monoisotopic (exact) mass is 364 g/mol. The van der Waals surface area contributed by atoms with Gasteiger partial charge in [-0.1, -0.05) is 42.2 Å². The van der Waals surface area contributed by atoms with Crippen LogP contribution in [0.15, 0.2) is 48.7 Å². The number of rotatable bonds is 5. The van der Waals surface area contributed by atoms with Crippen molar-refractivity contribution in [2.75, 3.05) is 26.4 Å². The molecule has 1 aliphatic heterocycles. The van der Waals surface area contributed by atoms with Gasteiger partial charge in [0.05, 0.1) is 18.2 Å².